The molecule has 0 spiro atoms. The maximum Gasteiger partial charge on any atom is 0.0292 e. The quantitative estimate of drug-likeness (QED) is 0.821. The van der Waals surface area contributed by atoms with Gasteiger partial charge in [0.15, 0.2) is 0 Å². The molecule has 0 saturated carbocycles. The predicted octanol–water partition coefficient (Wildman–Crippen LogP) is 3.95. The highest BCUT2D eigenvalue weighted by atomic mass is 32.2. The minimum Gasteiger partial charge on any atom is -0.310 e. The predicted molar refractivity (Wildman–Crippen MR) is 79.9 cm³/mol. The third-order valence-corrected chi connectivity index (χ3v) is 4.16. The summed E-state index contributed by atoms with van der Waals surface area (Å²) in [6.45, 7) is 9.99. The lowest BCUT2D eigenvalue weighted by Crippen LogP contribution is -2.25. The third-order valence-electron chi connectivity index (χ3n) is 3.25. The van der Waals surface area contributed by atoms with Crippen molar-refractivity contribution in [3.05, 3.63) is 34.9 Å². The Labute approximate surface area is 110 Å². The largest absolute Gasteiger partial charge is 0.310 e. The van der Waals surface area contributed by atoms with E-state index in [0.29, 0.717) is 6.04 Å². The highest BCUT2D eigenvalue weighted by Gasteiger charge is 2.08. The average Bonchev–Trinajstić information content (AvgIpc) is 2.30. The first-order valence-electron chi connectivity index (χ1n) is 6.34. The fraction of sp³-hybridized carbons (Fsp3) is 0.600. The van der Waals surface area contributed by atoms with Crippen LogP contribution in [0.2, 0.25) is 0 Å². The normalized spacial score (nSPS) is 14.6. The summed E-state index contributed by atoms with van der Waals surface area (Å²) in [6.07, 6.45) is 2.17. The van der Waals surface area contributed by atoms with Gasteiger partial charge in [-0.25, -0.2) is 0 Å². The molecule has 0 heterocycles. The molecule has 17 heavy (non-hydrogen) atoms. The van der Waals surface area contributed by atoms with E-state index in [4.69, 9.17) is 0 Å². The second-order valence-electron chi connectivity index (χ2n) is 5.03. The highest BCUT2D eigenvalue weighted by Crippen LogP contribution is 2.17. The van der Waals surface area contributed by atoms with E-state index in [0.717, 1.165) is 12.5 Å². The van der Waals surface area contributed by atoms with Gasteiger partial charge in [0.25, 0.3) is 0 Å². The van der Waals surface area contributed by atoms with Gasteiger partial charge in [-0.2, -0.15) is 11.8 Å². The second kappa shape index (κ2) is 7.07. The van der Waals surface area contributed by atoms with E-state index in [1.54, 1.807) is 0 Å². The van der Waals surface area contributed by atoms with Gasteiger partial charge in [-0.1, -0.05) is 25.1 Å². The van der Waals surface area contributed by atoms with E-state index >= 15 is 0 Å². The maximum absolute atomic E-state index is 3.62. The minimum atomic E-state index is 0.443. The Morgan fingerprint density at radius 2 is 1.88 bits per heavy atom. The highest BCUT2D eigenvalue weighted by molar-refractivity contribution is 7.98. The number of nitrogens with one attached hydrogen (secondary N) is 1. The Hall–Kier alpha value is -0.470. The molecule has 0 saturated heterocycles. The van der Waals surface area contributed by atoms with Gasteiger partial charge in [0, 0.05) is 6.04 Å². The fourth-order valence-electron chi connectivity index (χ4n) is 1.87. The Morgan fingerprint density at radius 3 is 2.47 bits per heavy atom. The van der Waals surface area contributed by atoms with Crippen LogP contribution in [0.1, 0.15) is 36.6 Å². The molecule has 1 rings (SSSR count). The summed E-state index contributed by atoms with van der Waals surface area (Å²) in [4.78, 5) is 0. The van der Waals surface area contributed by atoms with Gasteiger partial charge in [0.2, 0.25) is 0 Å². The molecule has 0 radical (unpaired) electrons. The first-order chi connectivity index (χ1) is 8.04. The maximum atomic E-state index is 3.62. The molecule has 2 heteroatoms. The van der Waals surface area contributed by atoms with Crippen molar-refractivity contribution in [1.82, 2.24) is 5.32 Å². The molecule has 0 fully saturated rings. The summed E-state index contributed by atoms with van der Waals surface area (Å²) in [5.41, 5.74) is 4.15. The summed E-state index contributed by atoms with van der Waals surface area (Å²) in [5, 5.41) is 3.62. The van der Waals surface area contributed by atoms with Crippen LogP contribution in [0, 0.1) is 19.8 Å². The van der Waals surface area contributed by atoms with Crippen molar-refractivity contribution in [2.75, 3.05) is 18.6 Å². The first-order valence-corrected chi connectivity index (χ1v) is 7.73. The van der Waals surface area contributed by atoms with Gasteiger partial charge in [-0.15, -0.1) is 0 Å². The van der Waals surface area contributed by atoms with Gasteiger partial charge >= 0.3 is 0 Å². The van der Waals surface area contributed by atoms with Crippen molar-refractivity contribution in [2.45, 2.75) is 33.7 Å². The summed E-state index contributed by atoms with van der Waals surface area (Å²) in [7, 11) is 0. The van der Waals surface area contributed by atoms with Crippen molar-refractivity contribution in [3.8, 4) is 0 Å². The number of thioether (sulfide) groups is 1. The van der Waals surface area contributed by atoms with E-state index in [-0.39, 0.29) is 0 Å². The Morgan fingerprint density at radius 1 is 1.18 bits per heavy atom. The smallest absolute Gasteiger partial charge is 0.0292 e. The molecule has 1 aromatic rings. The molecule has 0 amide bonds. The SMILES string of the molecule is CSCC(C)CNC(C)c1ccc(C)c(C)c1. The van der Waals surface area contributed by atoms with E-state index in [9.17, 15) is 0 Å². The van der Waals surface area contributed by atoms with Crippen LogP contribution in [0.5, 0.6) is 0 Å². The third kappa shape index (κ3) is 4.72. The lowest BCUT2D eigenvalue weighted by Gasteiger charge is -2.18. The van der Waals surface area contributed by atoms with Crippen LogP contribution in [0.25, 0.3) is 0 Å². The molecule has 96 valence electrons. The zero-order valence-electron chi connectivity index (χ0n) is 11.7. The van der Waals surface area contributed by atoms with Crippen molar-refractivity contribution < 1.29 is 0 Å². The van der Waals surface area contributed by atoms with Crippen molar-refractivity contribution in [2.24, 2.45) is 5.92 Å². The molecule has 0 aliphatic carbocycles. The summed E-state index contributed by atoms with van der Waals surface area (Å²) < 4.78 is 0. The van der Waals surface area contributed by atoms with E-state index in [2.05, 4.69) is 57.5 Å². The van der Waals surface area contributed by atoms with E-state index < -0.39 is 0 Å². The van der Waals surface area contributed by atoms with Gasteiger partial charge in [0.05, 0.1) is 0 Å². The number of hydrogen-bond donors (Lipinski definition) is 1. The lowest BCUT2D eigenvalue weighted by atomic mass is 10.0. The molecular weight excluding hydrogens is 226 g/mol. The van der Waals surface area contributed by atoms with Crippen LogP contribution in [0.4, 0.5) is 0 Å². The second-order valence-corrected chi connectivity index (χ2v) is 5.94. The zero-order valence-corrected chi connectivity index (χ0v) is 12.5. The monoisotopic (exact) mass is 251 g/mol. The molecule has 1 nitrogen and oxygen atoms in total. The molecule has 0 bridgehead atoms. The van der Waals surface area contributed by atoms with Crippen molar-refractivity contribution in [3.63, 3.8) is 0 Å². The lowest BCUT2D eigenvalue weighted by molar-refractivity contribution is 0.501. The van der Waals surface area contributed by atoms with E-state index in [1.807, 2.05) is 11.8 Å². The zero-order chi connectivity index (χ0) is 12.8. The Kier molecular flexibility index (Phi) is 6.07. The Bertz CT molecular complexity index is 349. The number of aryl methyl sites for hydroxylation is 2. The molecule has 1 aromatic carbocycles. The van der Waals surface area contributed by atoms with Crippen LogP contribution in [0.15, 0.2) is 18.2 Å². The van der Waals surface area contributed by atoms with Gasteiger partial charge in [-0.3, -0.25) is 0 Å². The van der Waals surface area contributed by atoms with Gasteiger partial charge < -0.3 is 5.32 Å². The minimum absolute atomic E-state index is 0.443. The number of benzene rings is 1. The standard InChI is InChI=1S/C15H25NS/c1-11(10-17-5)9-16-14(4)15-7-6-12(2)13(3)8-15/h6-8,11,14,16H,9-10H2,1-5H3. The van der Waals surface area contributed by atoms with Crippen LogP contribution in [-0.4, -0.2) is 18.6 Å². The number of rotatable bonds is 6. The summed E-state index contributed by atoms with van der Waals surface area (Å²) in [5.74, 6) is 1.96. The van der Waals surface area contributed by atoms with Crippen LogP contribution in [-0.2, 0) is 0 Å². The molecule has 2 atom stereocenters. The summed E-state index contributed by atoms with van der Waals surface area (Å²) in [6, 6.07) is 7.19. The molecule has 0 aliphatic heterocycles. The van der Waals surface area contributed by atoms with Crippen LogP contribution < -0.4 is 5.32 Å². The van der Waals surface area contributed by atoms with Crippen molar-refractivity contribution >= 4 is 11.8 Å². The van der Waals surface area contributed by atoms with Crippen molar-refractivity contribution in [1.29, 1.82) is 0 Å². The van der Waals surface area contributed by atoms with E-state index in [1.165, 1.54) is 22.4 Å². The molecule has 2 unspecified atom stereocenters. The fourth-order valence-corrected chi connectivity index (χ4v) is 2.56. The Balaban J connectivity index is 2.52. The molecule has 0 aliphatic rings. The topological polar surface area (TPSA) is 12.0 Å². The molecular formula is C15H25NS. The molecule has 0 aromatic heterocycles. The van der Waals surface area contributed by atoms with Crippen LogP contribution >= 0.6 is 11.8 Å². The summed E-state index contributed by atoms with van der Waals surface area (Å²) >= 11 is 1.92. The average molecular weight is 251 g/mol. The van der Waals surface area contributed by atoms with Crippen LogP contribution in [0.3, 0.4) is 0 Å². The van der Waals surface area contributed by atoms with Gasteiger partial charge in [-0.05, 0) is 61.9 Å². The molecule has 1 N–H and O–H groups in total. The number of hydrogen-bond acceptors (Lipinski definition) is 2. The van der Waals surface area contributed by atoms with Gasteiger partial charge in [0.1, 0.15) is 0 Å². The first kappa shape index (κ1) is 14.6.